The third-order valence-corrected chi connectivity index (χ3v) is 4.04. The van der Waals surface area contributed by atoms with Gasteiger partial charge in [0.2, 0.25) is 0 Å². The lowest BCUT2D eigenvalue weighted by Gasteiger charge is -2.40. The van der Waals surface area contributed by atoms with E-state index in [1.807, 2.05) is 0 Å². The van der Waals surface area contributed by atoms with Crippen molar-refractivity contribution in [2.45, 2.75) is 38.7 Å². The van der Waals surface area contributed by atoms with Crippen LogP contribution >= 0.6 is 15.9 Å². The molecule has 1 rings (SSSR count). The molecule has 3 nitrogen and oxygen atoms in total. The second-order valence-corrected chi connectivity index (χ2v) is 5.19. The van der Waals surface area contributed by atoms with Crippen molar-refractivity contribution < 1.29 is 14.7 Å². The fraction of sp³-hybridized carbons (Fsp3) is 0.538. The van der Waals surface area contributed by atoms with Gasteiger partial charge in [0.05, 0.1) is 5.41 Å². The molecule has 0 unspecified atom stereocenters. The van der Waals surface area contributed by atoms with Crippen LogP contribution in [0.2, 0.25) is 0 Å². The van der Waals surface area contributed by atoms with Crippen LogP contribution in [0.5, 0.6) is 0 Å². The van der Waals surface area contributed by atoms with E-state index in [4.69, 9.17) is 0 Å². The predicted octanol–water partition coefficient (Wildman–Crippen LogP) is 2.53. The Morgan fingerprint density at radius 2 is 2.29 bits per heavy atom. The van der Waals surface area contributed by atoms with E-state index in [9.17, 15) is 14.7 Å². The minimum atomic E-state index is -1.61. The average Bonchev–Trinajstić information content (AvgIpc) is 2.38. The van der Waals surface area contributed by atoms with E-state index in [1.54, 1.807) is 32.1 Å². The van der Waals surface area contributed by atoms with Crippen LogP contribution in [0.25, 0.3) is 0 Å². The van der Waals surface area contributed by atoms with Crippen molar-refractivity contribution in [2.24, 2.45) is 5.41 Å². The Hall–Kier alpha value is -0.740. The maximum atomic E-state index is 11.9. The molecule has 0 aromatic carbocycles. The number of Topliss-reactive ketones (excluding diaryl/α,β-unsaturated/α-hetero) is 1. The summed E-state index contributed by atoms with van der Waals surface area (Å²) in [6.07, 6.45) is 6.62. The second kappa shape index (κ2) is 5.27. The van der Waals surface area contributed by atoms with Crippen LogP contribution in [0, 0.1) is 5.41 Å². The van der Waals surface area contributed by atoms with Gasteiger partial charge >= 0.3 is 0 Å². The lowest BCUT2D eigenvalue weighted by molar-refractivity contribution is -0.154. The summed E-state index contributed by atoms with van der Waals surface area (Å²) in [5, 5.41) is 10.6. The molecule has 0 bridgehead atoms. The Bertz CT molecular complexity index is 386. The van der Waals surface area contributed by atoms with Gasteiger partial charge in [-0.15, -0.1) is 0 Å². The summed E-state index contributed by atoms with van der Waals surface area (Å²) in [5.74, 6) is -0.289. The number of carbonyl (C=O) groups excluding carboxylic acids is 2. The molecule has 0 saturated heterocycles. The minimum absolute atomic E-state index is 0.221. The summed E-state index contributed by atoms with van der Waals surface area (Å²) < 4.78 is 0.859. The summed E-state index contributed by atoms with van der Waals surface area (Å²) in [6, 6.07) is 0. The number of halogens is 1. The van der Waals surface area contributed by atoms with Crippen molar-refractivity contribution in [3.8, 4) is 0 Å². The van der Waals surface area contributed by atoms with Gasteiger partial charge in [0.1, 0.15) is 11.9 Å². The number of rotatable bonds is 5. The maximum absolute atomic E-state index is 11.9. The first-order valence-corrected chi connectivity index (χ1v) is 6.52. The van der Waals surface area contributed by atoms with Crippen LogP contribution < -0.4 is 0 Å². The number of ketones is 1. The summed E-state index contributed by atoms with van der Waals surface area (Å²) in [6.45, 7) is 3.42. The van der Waals surface area contributed by atoms with Gasteiger partial charge in [-0.3, -0.25) is 4.79 Å². The van der Waals surface area contributed by atoms with Crippen molar-refractivity contribution in [3.05, 3.63) is 22.7 Å². The molecular weight excluding hydrogens is 284 g/mol. The maximum Gasteiger partial charge on any atom is 0.165 e. The van der Waals surface area contributed by atoms with E-state index in [0.29, 0.717) is 12.7 Å². The van der Waals surface area contributed by atoms with Crippen molar-refractivity contribution >= 4 is 28.0 Å². The van der Waals surface area contributed by atoms with Gasteiger partial charge in [0, 0.05) is 10.9 Å². The fourth-order valence-electron chi connectivity index (χ4n) is 2.20. The molecule has 17 heavy (non-hydrogen) atoms. The molecule has 0 aromatic rings. The largest absolute Gasteiger partial charge is 0.381 e. The molecule has 1 N–H and O–H groups in total. The highest BCUT2D eigenvalue weighted by Crippen LogP contribution is 2.42. The van der Waals surface area contributed by atoms with E-state index in [0.717, 1.165) is 4.48 Å². The van der Waals surface area contributed by atoms with Gasteiger partial charge in [0.15, 0.2) is 5.78 Å². The van der Waals surface area contributed by atoms with Crippen molar-refractivity contribution in [3.63, 3.8) is 0 Å². The molecule has 4 heteroatoms. The first kappa shape index (κ1) is 14.3. The predicted molar refractivity (Wildman–Crippen MR) is 69.8 cm³/mol. The third-order valence-electron chi connectivity index (χ3n) is 3.45. The van der Waals surface area contributed by atoms with Crippen molar-refractivity contribution in [1.29, 1.82) is 0 Å². The molecule has 0 aliphatic heterocycles. The zero-order chi connectivity index (χ0) is 13.1. The van der Waals surface area contributed by atoms with Crippen molar-refractivity contribution in [2.75, 3.05) is 0 Å². The standard InChI is InChI=1S/C13H17BrO3/c1-3-11(16)13(17,4-2)12(9-15)7-5-10(14)6-8-12/h5-7,9,17H,3-4,8H2,1-2H3/t12-,13+/m1/s1. The third kappa shape index (κ3) is 2.29. The van der Waals surface area contributed by atoms with Crippen molar-refractivity contribution in [1.82, 2.24) is 0 Å². The van der Waals surface area contributed by atoms with E-state index in [2.05, 4.69) is 15.9 Å². The van der Waals surface area contributed by atoms with Gasteiger partial charge in [-0.05, 0) is 12.8 Å². The number of allylic oxidation sites excluding steroid dienone is 3. The molecule has 0 aromatic heterocycles. The Kier molecular flexibility index (Phi) is 4.44. The molecular formula is C13H17BrO3. The SMILES string of the molecule is CCC(=O)[C@@](O)(CC)[C@]1(C=O)C=CC(Br)=CC1. The van der Waals surface area contributed by atoms with Crippen LogP contribution in [0.3, 0.4) is 0 Å². The molecule has 2 atom stereocenters. The topological polar surface area (TPSA) is 54.4 Å². The van der Waals surface area contributed by atoms with E-state index < -0.39 is 11.0 Å². The molecule has 1 aliphatic rings. The number of hydrogen-bond acceptors (Lipinski definition) is 3. The molecule has 0 amide bonds. The molecule has 1 aliphatic carbocycles. The van der Waals surface area contributed by atoms with E-state index in [1.165, 1.54) is 0 Å². The zero-order valence-corrected chi connectivity index (χ0v) is 11.7. The van der Waals surface area contributed by atoms with Gasteiger partial charge in [-0.1, -0.05) is 48.0 Å². The Morgan fingerprint density at radius 1 is 1.65 bits per heavy atom. The lowest BCUT2D eigenvalue weighted by Crippen LogP contribution is -2.54. The van der Waals surface area contributed by atoms with Crippen LogP contribution in [0.15, 0.2) is 22.7 Å². The highest BCUT2D eigenvalue weighted by atomic mass is 79.9. The molecule has 0 radical (unpaired) electrons. The van der Waals surface area contributed by atoms with Crippen LogP contribution in [-0.2, 0) is 9.59 Å². The van der Waals surface area contributed by atoms with Crippen LogP contribution in [0.4, 0.5) is 0 Å². The summed E-state index contributed by atoms with van der Waals surface area (Å²) in [5.41, 5.74) is -2.74. The van der Waals surface area contributed by atoms with Gasteiger partial charge in [0.25, 0.3) is 0 Å². The molecule has 0 fully saturated rings. The van der Waals surface area contributed by atoms with E-state index >= 15 is 0 Å². The lowest BCUT2D eigenvalue weighted by atomic mass is 9.65. The number of aliphatic hydroxyl groups is 1. The zero-order valence-electron chi connectivity index (χ0n) is 10.1. The van der Waals surface area contributed by atoms with Crippen LogP contribution in [-0.4, -0.2) is 22.8 Å². The summed E-state index contributed by atoms with van der Waals surface area (Å²) in [7, 11) is 0. The normalized spacial score (nSPS) is 27.2. The van der Waals surface area contributed by atoms with E-state index in [-0.39, 0.29) is 18.6 Å². The van der Waals surface area contributed by atoms with Gasteiger partial charge in [-0.25, -0.2) is 0 Å². The number of aldehydes is 1. The van der Waals surface area contributed by atoms with Gasteiger partial charge in [-0.2, -0.15) is 0 Å². The van der Waals surface area contributed by atoms with Gasteiger partial charge < -0.3 is 9.90 Å². The quantitative estimate of drug-likeness (QED) is 0.794. The molecule has 94 valence electrons. The monoisotopic (exact) mass is 300 g/mol. The Balaban J connectivity index is 3.21. The second-order valence-electron chi connectivity index (χ2n) is 4.28. The smallest absolute Gasteiger partial charge is 0.165 e. The first-order chi connectivity index (χ1) is 7.95. The highest BCUT2D eigenvalue weighted by molar-refractivity contribution is 9.11. The number of hydrogen-bond donors (Lipinski definition) is 1. The first-order valence-electron chi connectivity index (χ1n) is 5.72. The molecule has 0 spiro atoms. The minimum Gasteiger partial charge on any atom is -0.381 e. The Morgan fingerprint density at radius 3 is 2.65 bits per heavy atom. The highest BCUT2D eigenvalue weighted by Gasteiger charge is 2.51. The summed E-state index contributed by atoms with van der Waals surface area (Å²) in [4.78, 5) is 23.3. The average molecular weight is 301 g/mol. The van der Waals surface area contributed by atoms with Crippen LogP contribution in [0.1, 0.15) is 33.1 Å². The number of carbonyl (C=O) groups is 2. The fourth-order valence-corrected chi connectivity index (χ4v) is 2.49. The summed E-state index contributed by atoms with van der Waals surface area (Å²) >= 11 is 3.30. The molecule has 0 saturated carbocycles. The Labute approximate surface area is 110 Å². The molecule has 0 heterocycles.